The molecule has 2 aliphatic rings. The van der Waals surface area contributed by atoms with Gasteiger partial charge in [0.2, 0.25) is 0 Å². The SMILES string of the molecule is CNC(=O)OC(C)(C)C.COc1ccc(C2=CCCC=C2SC)cc1CN(C(=O)c1sc2c(F)ccc(F)c2c1Cl)C1CCCCC1. The molecule has 1 saturated carbocycles. The lowest BCUT2D eigenvalue weighted by atomic mass is 9.93. The molecule has 0 unspecified atom stereocenters. The number of allylic oxidation sites excluding steroid dienone is 3. The molecule has 2 amide bonds. The Morgan fingerprint density at radius 2 is 1.74 bits per heavy atom. The molecule has 5 rings (SSSR count). The minimum atomic E-state index is -0.626. The molecule has 3 aromatic rings. The summed E-state index contributed by atoms with van der Waals surface area (Å²) in [6.07, 6.45) is 13.2. The van der Waals surface area contributed by atoms with Gasteiger partial charge in [0.05, 0.1) is 22.2 Å². The Morgan fingerprint density at radius 1 is 1.06 bits per heavy atom. The van der Waals surface area contributed by atoms with E-state index in [1.807, 2.05) is 31.7 Å². The van der Waals surface area contributed by atoms with Crippen molar-refractivity contribution in [2.24, 2.45) is 0 Å². The van der Waals surface area contributed by atoms with Gasteiger partial charge in [-0.25, -0.2) is 13.6 Å². The second-order valence-electron chi connectivity index (χ2n) is 12.4. The molecule has 1 N–H and O–H groups in total. The van der Waals surface area contributed by atoms with Gasteiger partial charge in [0, 0.05) is 30.1 Å². The predicted molar refractivity (Wildman–Crippen MR) is 191 cm³/mol. The molecule has 47 heavy (non-hydrogen) atoms. The van der Waals surface area contributed by atoms with Crippen molar-refractivity contribution in [3.8, 4) is 5.75 Å². The van der Waals surface area contributed by atoms with Crippen LogP contribution in [0, 0.1) is 11.6 Å². The topological polar surface area (TPSA) is 67.9 Å². The van der Waals surface area contributed by atoms with Crippen LogP contribution in [0.4, 0.5) is 13.6 Å². The number of fused-ring (bicyclic) bond motifs is 1. The van der Waals surface area contributed by atoms with E-state index in [0.717, 1.165) is 79.5 Å². The van der Waals surface area contributed by atoms with Gasteiger partial charge >= 0.3 is 6.09 Å². The van der Waals surface area contributed by atoms with Crippen molar-refractivity contribution in [2.45, 2.75) is 83.9 Å². The van der Waals surface area contributed by atoms with Gasteiger partial charge in [-0.05, 0) is 88.1 Å². The summed E-state index contributed by atoms with van der Waals surface area (Å²) in [6, 6.07) is 8.26. The van der Waals surface area contributed by atoms with Crippen molar-refractivity contribution < 1.29 is 27.8 Å². The van der Waals surface area contributed by atoms with E-state index < -0.39 is 11.6 Å². The Morgan fingerprint density at radius 3 is 2.34 bits per heavy atom. The number of methoxy groups -OCH3 is 1. The van der Waals surface area contributed by atoms with E-state index in [4.69, 9.17) is 21.1 Å². The van der Waals surface area contributed by atoms with Gasteiger partial charge in [0.15, 0.2) is 0 Å². The summed E-state index contributed by atoms with van der Waals surface area (Å²) in [6.45, 7) is 5.79. The van der Waals surface area contributed by atoms with Crippen LogP contribution in [0.5, 0.6) is 5.75 Å². The maximum Gasteiger partial charge on any atom is 0.407 e. The third-order valence-electron chi connectivity index (χ3n) is 8.02. The fourth-order valence-corrected chi connectivity index (χ4v) is 8.02. The lowest BCUT2D eigenvalue weighted by molar-refractivity contribution is 0.0540. The zero-order valence-electron chi connectivity index (χ0n) is 27.8. The molecular formula is C36H43ClF2N2O4S2. The van der Waals surface area contributed by atoms with Crippen molar-refractivity contribution in [3.05, 3.63) is 80.1 Å². The van der Waals surface area contributed by atoms with Crippen LogP contribution in [0.1, 0.15) is 86.5 Å². The summed E-state index contributed by atoms with van der Waals surface area (Å²) >= 11 is 9.21. The van der Waals surface area contributed by atoms with Gasteiger partial charge in [-0.3, -0.25) is 4.79 Å². The predicted octanol–water partition coefficient (Wildman–Crippen LogP) is 10.4. The molecule has 2 aliphatic carbocycles. The number of benzene rings is 2. The number of alkyl carbamates (subject to hydrolysis) is 1. The number of nitrogens with zero attached hydrogens (tertiary/aromatic N) is 1. The second kappa shape index (κ2) is 16.3. The number of rotatable bonds is 7. The normalized spacial score (nSPS) is 15.3. The summed E-state index contributed by atoms with van der Waals surface area (Å²) in [7, 11) is 3.17. The van der Waals surface area contributed by atoms with Crippen LogP contribution in [0.3, 0.4) is 0 Å². The van der Waals surface area contributed by atoms with Crippen LogP contribution in [0.15, 0.2) is 47.4 Å². The minimum Gasteiger partial charge on any atom is -0.496 e. The van der Waals surface area contributed by atoms with E-state index in [0.29, 0.717) is 12.3 Å². The van der Waals surface area contributed by atoms with Crippen LogP contribution in [-0.2, 0) is 11.3 Å². The van der Waals surface area contributed by atoms with Crippen molar-refractivity contribution in [1.82, 2.24) is 10.2 Å². The first-order chi connectivity index (χ1) is 22.4. The minimum absolute atomic E-state index is 0.0103. The summed E-state index contributed by atoms with van der Waals surface area (Å²) in [5, 5.41) is 2.32. The van der Waals surface area contributed by atoms with Gasteiger partial charge < -0.3 is 19.7 Å². The van der Waals surface area contributed by atoms with E-state index in [1.165, 1.54) is 17.5 Å². The van der Waals surface area contributed by atoms with Gasteiger partial charge in [-0.15, -0.1) is 23.1 Å². The van der Waals surface area contributed by atoms with Gasteiger partial charge in [0.25, 0.3) is 5.91 Å². The largest absolute Gasteiger partial charge is 0.496 e. The maximum absolute atomic E-state index is 14.6. The molecule has 6 nitrogen and oxygen atoms in total. The number of halogens is 3. The molecule has 2 aromatic carbocycles. The molecule has 1 fully saturated rings. The fraction of sp³-hybridized carbons (Fsp3) is 0.444. The molecule has 0 aliphatic heterocycles. The van der Waals surface area contributed by atoms with E-state index >= 15 is 0 Å². The first-order valence-corrected chi connectivity index (χ1v) is 18.2. The molecule has 0 radical (unpaired) electrons. The first kappa shape index (κ1) is 36.8. The second-order valence-corrected chi connectivity index (χ2v) is 14.7. The van der Waals surface area contributed by atoms with Crippen molar-refractivity contribution in [1.29, 1.82) is 0 Å². The standard InChI is InChI=1S/C30H30ClF2NO2S2.C6H13NO2/c1-36-24-15-12-18(21-10-6-7-11-25(21)37-2)16-19(24)17-34(20-8-4-3-5-9-20)30(35)29-27(31)26-22(32)13-14-23(33)28(26)38-29;1-6(2,3)9-5(8)7-4/h10-16,20H,3-9,17H2,1-2H3;1-4H3,(H,7,8). The number of ether oxygens (including phenoxy) is 2. The molecule has 0 atom stereocenters. The zero-order chi connectivity index (χ0) is 34.3. The fourth-order valence-electron chi connectivity index (χ4n) is 5.81. The zero-order valence-corrected chi connectivity index (χ0v) is 30.2. The summed E-state index contributed by atoms with van der Waals surface area (Å²) in [5.41, 5.74) is 2.79. The summed E-state index contributed by atoms with van der Waals surface area (Å²) in [4.78, 5) is 27.8. The van der Waals surface area contributed by atoms with Crippen molar-refractivity contribution in [3.63, 3.8) is 0 Å². The molecule has 1 heterocycles. The van der Waals surface area contributed by atoms with E-state index in [9.17, 15) is 18.4 Å². The quantitative estimate of drug-likeness (QED) is 0.265. The summed E-state index contributed by atoms with van der Waals surface area (Å²) in [5.74, 6) is -0.799. The Labute approximate surface area is 289 Å². The molecule has 11 heteroatoms. The number of hydrogen-bond acceptors (Lipinski definition) is 6. The smallest absolute Gasteiger partial charge is 0.407 e. The van der Waals surface area contributed by atoms with E-state index in [-0.39, 0.29) is 43.6 Å². The highest BCUT2D eigenvalue weighted by molar-refractivity contribution is 8.03. The Bertz CT molecular complexity index is 1660. The lowest BCUT2D eigenvalue weighted by Crippen LogP contribution is -2.40. The molecule has 254 valence electrons. The number of carbonyl (C=O) groups is 2. The molecule has 0 bridgehead atoms. The molecule has 0 spiro atoms. The third-order valence-corrected chi connectivity index (χ3v) is 10.5. The number of hydrogen-bond donors (Lipinski definition) is 1. The van der Waals surface area contributed by atoms with Crippen LogP contribution >= 0.6 is 34.7 Å². The van der Waals surface area contributed by atoms with Gasteiger partial charge in [-0.2, -0.15) is 0 Å². The van der Waals surface area contributed by atoms with E-state index in [1.54, 1.807) is 18.9 Å². The highest BCUT2D eigenvalue weighted by Gasteiger charge is 2.31. The number of amides is 2. The molecule has 1 aromatic heterocycles. The first-order valence-electron chi connectivity index (χ1n) is 15.8. The number of thioether (sulfide) groups is 1. The Kier molecular flexibility index (Phi) is 12.8. The Hall–Kier alpha value is -3.08. The van der Waals surface area contributed by atoms with Crippen LogP contribution in [0.25, 0.3) is 15.7 Å². The number of thiophene rings is 1. The average Bonchev–Trinajstić information content (AvgIpc) is 3.43. The van der Waals surface area contributed by atoms with Gasteiger partial charge in [-0.1, -0.05) is 49.1 Å². The molecular weight excluding hydrogens is 662 g/mol. The highest BCUT2D eigenvalue weighted by Crippen LogP contribution is 2.41. The molecule has 0 saturated heterocycles. The Balaban J connectivity index is 0.000000488. The lowest BCUT2D eigenvalue weighted by Gasteiger charge is -2.35. The summed E-state index contributed by atoms with van der Waals surface area (Å²) < 4.78 is 39.8. The number of nitrogens with one attached hydrogen (secondary N) is 1. The number of carbonyl (C=O) groups excluding carboxylic acids is 2. The van der Waals surface area contributed by atoms with Crippen LogP contribution in [0.2, 0.25) is 5.02 Å². The monoisotopic (exact) mass is 704 g/mol. The third kappa shape index (κ3) is 9.09. The van der Waals surface area contributed by atoms with Gasteiger partial charge in [0.1, 0.15) is 27.9 Å². The maximum atomic E-state index is 14.6. The van der Waals surface area contributed by atoms with Crippen LogP contribution in [-0.4, -0.2) is 49.0 Å². The van der Waals surface area contributed by atoms with Crippen molar-refractivity contribution in [2.75, 3.05) is 20.4 Å². The van der Waals surface area contributed by atoms with E-state index in [2.05, 4.69) is 35.9 Å². The average molecular weight is 705 g/mol. The van der Waals surface area contributed by atoms with Crippen molar-refractivity contribution >= 4 is 62.4 Å². The van der Waals surface area contributed by atoms with Crippen LogP contribution < -0.4 is 10.1 Å². The highest BCUT2D eigenvalue weighted by atomic mass is 35.5.